The van der Waals surface area contributed by atoms with Crippen LogP contribution >= 0.6 is 0 Å². The van der Waals surface area contributed by atoms with Crippen LogP contribution in [0.4, 0.5) is 5.69 Å². The molecule has 17 heavy (non-hydrogen) atoms. The monoisotopic (exact) mass is 238 g/mol. The molecule has 0 aliphatic carbocycles. The van der Waals surface area contributed by atoms with Crippen LogP contribution in [0.2, 0.25) is 0 Å². The third-order valence-electron chi connectivity index (χ3n) is 2.96. The average Bonchev–Trinajstić information content (AvgIpc) is 2.75. The zero-order chi connectivity index (χ0) is 13.0. The van der Waals surface area contributed by atoms with Gasteiger partial charge in [-0.3, -0.25) is 9.48 Å². The second kappa shape index (κ2) is 5.82. The molecule has 1 heterocycles. The van der Waals surface area contributed by atoms with E-state index in [0.717, 1.165) is 6.42 Å². The molecule has 96 valence electrons. The normalized spacial score (nSPS) is 14.7. The van der Waals surface area contributed by atoms with E-state index in [-0.39, 0.29) is 17.9 Å². The molecule has 0 saturated heterocycles. The minimum atomic E-state index is -0.470. The molecule has 1 rings (SSSR count). The number of carbonyl (C=O) groups excluding carboxylic acids is 1. The van der Waals surface area contributed by atoms with Crippen LogP contribution in [0, 0.1) is 5.92 Å². The van der Waals surface area contributed by atoms with Crippen LogP contribution < -0.4 is 11.1 Å². The Morgan fingerprint density at radius 2 is 2.18 bits per heavy atom. The van der Waals surface area contributed by atoms with E-state index in [4.69, 9.17) is 5.73 Å². The summed E-state index contributed by atoms with van der Waals surface area (Å²) in [5, 5.41) is 6.94. The number of nitrogens with zero attached hydrogens (tertiary/aromatic N) is 2. The molecule has 1 amide bonds. The quantitative estimate of drug-likeness (QED) is 0.821. The fourth-order valence-corrected chi connectivity index (χ4v) is 1.42. The molecule has 0 spiro atoms. The van der Waals surface area contributed by atoms with Crippen LogP contribution in [0.15, 0.2) is 12.4 Å². The van der Waals surface area contributed by atoms with Gasteiger partial charge in [-0.05, 0) is 19.8 Å². The largest absolute Gasteiger partial charge is 0.322 e. The Kier molecular flexibility index (Phi) is 4.69. The Hall–Kier alpha value is -1.36. The molecule has 3 N–H and O–H groups in total. The molecule has 0 aromatic carbocycles. The summed E-state index contributed by atoms with van der Waals surface area (Å²) in [6, 6.07) is -0.189. The zero-order valence-corrected chi connectivity index (χ0v) is 11.0. The van der Waals surface area contributed by atoms with Crippen molar-refractivity contribution in [2.24, 2.45) is 11.7 Å². The standard InChI is InChI=1S/C12H22N4O/c1-5-9(4)11(13)12(17)15-10-6-14-16(7-10)8(2)3/h6-9,11H,5,13H2,1-4H3,(H,15,17)/t9?,11-/m0/s1. The van der Waals surface area contributed by atoms with Crippen LogP contribution in [0.3, 0.4) is 0 Å². The van der Waals surface area contributed by atoms with Gasteiger partial charge in [0, 0.05) is 12.2 Å². The summed E-state index contributed by atoms with van der Waals surface area (Å²) in [7, 11) is 0. The highest BCUT2D eigenvalue weighted by atomic mass is 16.2. The predicted octanol–water partition coefficient (Wildman–Crippen LogP) is 1.78. The minimum absolute atomic E-state index is 0.150. The molecule has 0 aliphatic rings. The Labute approximate surface area is 102 Å². The van der Waals surface area contributed by atoms with E-state index < -0.39 is 6.04 Å². The first-order chi connectivity index (χ1) is 7.95. The van der Waals surface area contributed by atoms with Crippen molar-refractivity contribution in [2.75, 3.05) is 5.32 Å². The Bertz CT molecular complexity index is 372. The summed E-state index contributed by atoms with van der Waals surface area (Å²) >= 11 is 0. The Morgan fingerprint density at radius 1 is 1.53 bits per heavy atom. The molecule has 5 heteroatoms. The molecular formula is C12H22N4O. The molecule has 1 unspecified atom stereocenters. The Balaban J connectivity index is 2.61. The molecule has 1 aromatic heterocycles. The van der Waals surface area contributed by atoms with Crippen LogP contribution in [-0.2, 0) is 4.79 Å². The van der Waals surface area contributed by atoms with Crippen molar-refractivity contribution in [2.45, 2.75) is 46.2 Å². The molecule has 2 atom stereocenters. The molecule has 0 radical (unpaired) electrons. The van der Waals surface area contributed by atoms with Gasteiger partial charge in [0.25, 0.3) is 0 Å². The fraction of sp³-hybridized carbons (Fsp3) is 0.667. The summed E-state index contributed by atoms with van der Waals surface area (Å²) in [6.45, 7) is 8.06. The molecule has 0 aliphatic heterocycles. The third-order valence-corrected chi connectivity index (χ3v) is 2.96. The van der Waals surface area contributed by atoms with Gasteiger partial charge >= 0.3 is 0 Å². The summed E-state index contributed by atoms with van der Waals surface area (Å²) in [4.78, 5) is 11.8. The van der Waals surface area contributed by atoms with Gasteiger partial charge in [-0.25, -0.2) is 0 Å². The number of hydrogen-bond donors (Lipinski definition) is 2. The van der Waals surface area contributed by atoms with Gasteiger partial charge in [0.1, 0.15) is 0 Å². The third kappa shape index (κ3) is 3.56. The van der Waals surface area contributed by atoms with Crippen molar-refractivity contribution in [1.29, 1.82) is 0 Å². The first-order valence-corrected chi connectivity index (χ1v) is 6.06. The lowest BCUT2D eigenvalue weighted by atomic mass is 9.99. The summed E-state index contributed by atoms with van der Waals surface area (Å²) in [5.41, 5.74) is 6.54. The van der Waals surface area contributed by atoms with Gasteiger partial charge in [0.05, 0.1) is 17.9 Å². The van der Waals surface area contributed by atoms with Gasteiger partial charge in [-0.1, -0.05) is 20.3 Å². The van der Waals surface area contributed by atoms with Crippen LogP contribution in [0.1, 0.15) is 40.2 Å². The van der Waals surface area contributed by atoms with Gasteiger partial charge in [0.15, 0.2) is 0 Å². The van der Waals surface area contributed by atoms with Crippen molar-refractivity contribution in [3.8, 4) is 0 Å². The SMILES string of the molecule is CCC(C)[C@H](N)C(=O)Nc1cnn(C(C)C)c1. The van der Waals surface area contributed by atoms with Crippen LogP contribution in [0.25, 0.3) is 0 Å². The van der Waals surface area contributed by atoms with Gasteiger partial charge in [-0.15, -0.1) is 0 Å². The highest BCUT2D eigenvalue weighted by molar-refractivity contribution is 5.94. The molecule has 0 bridgehead atoms. The molecule has 5 nitrogen and oxygen atoms in total. The predicted molar refractivity (Wildman–Crippen MR) is 68.7 cm³/mol. The lowest BCUT2D eigenvalue weighted by Crippen LogP contribution is -2.40. The van der Waals surface area contributed by atoms with E-state index in [1.54, 1.807) is 10.9 Å². The van der Waals surface area contributed by atoms with E-state index in [0.29, 0.717) is 5.69 Å². The second-order valence-corrected chi connectivity index (χ2v) is 4.70. The van der Waals surface area contributed by atoms with E-state index in [9.17, 15) is 4.79 Å². The van der Waals surface area contributed by atoms with E-state index >= 15 is 0 Å². The Morgan fingerprint density at radius 3 is 2.65 bits per heavy atom. The maximum Gasteiger partial charge on any atom is 0.241 e. The lowest BCUT2D eigenvalue weighted by Gasteiger charge is -2.16. The average molecular weight is 238 g/mol. The lowest BCUT2D eigenvalue weighted by molar-refractivity contribution is -0.118. The fourth-order valence-electron chi connectivity index (χ4n) is 1.42. The first kappa shape index (κ1) is 13.7. The van der Waals surface area contributed by atoms with Gasteiger partial charge < -0.3 is 11.1 Å². The van der Waals surface area contributed by atoms with Crippen LogP contribution in [0.5, 0.6) is 0 Å². The number of carbonyl (C=O) groups is 1. The smallest absolute Gasteiger partial charge is 0.241 e. The molecule has 0 saturated carbocycles. The topological polar surface area (TPSA) is 72.9 Å². The van der Waals surface area contributed by atoms with E-state index in [1.807, 2.05) is 33.9 Å². The van der Waals surface area contributed by atoms with Gasteiger partial charge in [-0.2, -0.15) is 5.10 Å². The summed E-state index contributed by atoms with van der Waals surface area (Å²) in [5.74, 6) is 0.0257. The zero-order valence-electron chi connectivity index (χ0n) is 11.0. The molecule has 1 aromatic rings. The van der Waals surface area contributed by atoms with Crippen molar-refractivity contribution >= 4 is 11.6 Å². The maximum absolute atomic E-state index is 11.8. The maximum atomic E-state index is 11.8. The number of nitrogens with one attached hydrogen (secondary N) is 1. The minimum Gasteiger partial charge on any atom is -0.322 e. The summed E-state index contributed by atoms with van der Waals surface area (Å²) < 4.78 is 1.80. The van der Waals surface area contributed by atoms with Crippen LogP contribution in [-0.4, -0.2) is 21.7 Å². The number of rotatable bonds is 5. The summed E-state index contributed by atoms with van der Waals surface area (Å²) in [6.07, 6.45) is 4.34. The number of nitrogens with two attached hydrogens (primary N) is 1. The molecule has 0 fully saturated rings. The van der Waals surface area contributed by atoms with E-state index in [2.05, 4.69) is 10.4 Å². The van der Waals surface area contributed by atoms with Crippen molar-refractivity contribution in [3.63, 3.8) is 0 Å². The number of anilines is 1. The van der Waals surface area contributed by atoms with Crippen molar-refractivity contribution < 1.29 is 4.79 Å². The second-order valence-electron chi connectivity index (χ2n) is 4.70. The van der Waals surface area contributed by atoms with E-state index in [1.165, 1.54) is 0 Å². The highest BCUT2D eigenvalue weighted by Gasteiger charge is 2.19. The molecular weight excluding hydrogens is 216 g/mol. The van der Waals surface area contributed by atoms with Crippen molar-refractivity contribution in [3.05, 3.63) is 12.4 Å². The highest BCUT2D eigenvalue weighted by Crippen LogP contribution is 2.12. The number of amides is 1. The van der Waals surface area contributed by atoms with Crippen molar-refractivity contribution in [1.82, 2.24) is 9.78 Å². The first-order valence-electron chi connectivity index (χ1n) is 6.06. The number of hydrogen-bond acceptors (Lipinski definition) is 3. The van der Waals surface area contributed by atoms with Gasteiger partial charge in [0.2, 0.25) is 5.91 Å². The number of aromatic nitrogens is 2.